The van der Waals surface area contributed by atoms with Gasteiger partial charge in [-0.3, -0.25) is 9.59 Å². The molecule has 0 aromatic heterocycles. The van der Waals surface area contributed by atoms with Gasteiger partial charge in [0.1, 0.15) is 11.9 Å². The standard InChI is InChI=1S/C28H30O10/c1-12-21(32)36-17-11-23(12,2)19-20(31)27(35)18-14(24(3)13(10-15(18)29)6-5-7-16(24)30)8-9-26(34)22(33)37-25(17,4)28(19,26)38-27/h5-6,10,14-15,17-19,29,34-35H,1,7-9,11H2,2-4H3/t14-,15+,17+,18-,19-,23+,24-,25-,26+,27+,28-/m0/s1. The Balaban J connectivity index is 1.53. The van der Waals surface area contributed by atoms with Gasteiger partial charge in [0, 0.05) is 17.4 Å². The first-order valence-electron chi connectivity index (χ1n) is 13.1. The molecule has 3 aliphatic carbocycles. The average molecular weight is 527 g/mol. The summed E-state index contributed by atoms with van der Waals surface area (Å²) in [7, 11) is 0. The smallest absolute Gasteiger partial charge is 0.342 e. The average Bonchev–Trinajstić information content (AvgIpc) is 3.19. The Kier molecular flexibility index (Phi) is 4.20. The van der Waals surface area contributed by atoms with Gasteiger partial charge in [-0.15, -0.1) is 0 Å². The molecular formula is C28H30O10. The number of ketones is 2. The first-order valence-corrected chi connectivity index (χ1v) is 13.1. The highest BCUT2D eigenvalue weighted by Gasteiger charge is 2.92. The summed E-state index contributed by atoms with van der Waals surface area (Å²) in [5.74, 6) is -9.17. The van der Waals surface area contributed by atoms with Gasteiger partial charge < -0.3 is 29.5 Å². The maximum atomic E-state index is 14.6. The van der Waals surface area contributed by atoms with E-state index in [1.165, 1.54) is 13.0 Å². The predicted molar refractivity (Wildman–Crippen MR) is 126 cm³/mol. The topological polar surface area (TPSA) is 157 Å². The first-order chi connectivity index (χ1) is 17.6. The molecule has 0 aromatic carbocycles. The number of carbonyl (C=O) groups excluding carboxylic acids is 4. The van der Waals surface area contributed by atoms with Crippen LogP contribution >= 0.6 is 0 Å². The summed E-state index contributed by atoms with van der Waals surface area (Å²) in [5, 5.41) is 36.0. The quantitative estimate of drug-likeness (QED) is 0.299. The molecule has 10 nitrogen and oxygen atoms in total. The van der Waals surface area contributed by atoms with Crippen molar-refractivity contribution in [2.75, 3.05) is 0 Å². The van der Waals surface area contributed by atoms with Crippen molar-refractivity contribution in [1.82, 2.24) is 0 Å². The summed E-state index contributed by atoms with van der Waals surface area (Å²) >= 11 is 0. The van der Waals surface area contributed by atoms with Crippen LogP contribution in [0.5, 0.6) is 0 Å². The zero-order chi connectivity index (χ0) is 27.4. The van der Waals surface area contributed by atoms with Gasteiger partial charge in [0.15, 0.2) is 22.6 Å². The van der Waals surface area contributed by atoms with Gasteiger partial charge >= 0.3 is 11.9 Å². The molecule has 1 spiro atoms. The lowest BCUT2D eigenvalue weighted by molar-refractivity contribution is -0.344. The third-order valence-electron chi connectivity index (χ3n) is 11.3. The van der Waals surface area contributed by atoms with Crippen LogP contribution in [-0.2, 0) is 33.4 Å². The zero-order valence-electron chi connectivity index (χ0n) is 21.4. The van der Waals surface area contributed by atoms with Crippen LogP contribution in [0.3, 0.4) is 0 Å². The van der Waals surface area contributed by atoms with Gasteiger partial charge in [0.05, 0.1) is 23.4 Å². The molecule has 7 aliphatic rings. The Morgan fingerprint density at radius 2 is 1.82 bits per heavy atom. The molecule has 1 saturated carbocycles. The highest BCUT2D eigenvalue weighted by molar-refractivity contribution is 6.01. The number of aliphatic hydroxyl groups is 3. The van der Waals surface area contributed by atoms with Crippen LogP contribution < -0.4 is 0 Å². The number of fused-ring (bicyclic) bond motifs is 9. The fraction of sp³-hybridized carbons (Fsp3) is 0.643. The largest absolute Gasteiger partial charge is 0.455 e. The molecule has 38 heavy (non-hydrogen) atoms. The van der Waals surface area contributed by atoms with Crippen LogP contribution in [0.25, 0.3) is 0 Å². The monoisotopic (exact) mass is 526 g/mol. The SMILES string of the molecule is C=C1C(=O)O[C@@H]2C[C@@]1(C)[C@@H]1C(=O)[C@]3(O)O[C@@]14[C@@](O)(CC[C@H]1[C@H]3[C@H](O)C=C3C=CCC(=O)[C@@]31C)C(=O)O[C@@]24C. The van der Waals surface area contributed by atoms with Crippen molar-refractivity contribution in [3.8, 4) is 0 Å². The molecule has 4 heterocycles. The number of rotatable bonds is 0. The molecule has 4 bridgehead atoms. The minimum absolute atomic E-state index is 0.00631. The van der Waals surface area contributed by atoms with E-state index in [0.29, 0.717) is 5.57 Å². The third-order valence-corrected chi connectivity index (χ3v) is 11.3. The number of carbonyl (C=O) groups is 4. The lowest BCUT2D eigenvalue weighted by Crippen LogP contribution is -2.77. The molecule has 7 rings (SSSR count). The summed E-state index contributed by atoms with van der Waals surface area (Å²) < 4.78 is 17.8. The zero-order valence-corrected chi connectivity index (χ0v) is 21.4. The molecule has 5 fully saturated rings. The van der Waals surface area contributed by atoms with Gasteiger partial charge in [-0.1, -0.05) is 31.7 Å². The predicted octanol–water partition coefficient (Wildman–Crippen LogP) is 0.430. The second kappa shape index (κ2) is 6.55. The number of esters is 2. The molecule has 10 heteroatoms. The fourth-order valence-electron chi connectivity index (χ4n) is 9.23. The minimum atomic E-state index is -2.71. The van der Waals surface area contributed by atoms with Crippen molar-refractivity contribution >= 4 is 23.5 Å². The molecule has 11 atom stereocenters. The van der Waals surface area contributed by atoms with Gasteiger partial charge in [-0.25, -0.2) is 9.59 Å². The van der Waals surface area contributed by atoms with Gasteiger partial charge in [-0.2, -0.15) is 0 Å². The third kappa shape index (κ3) is 2.15. The van der Waals surface area contributed by atoms with Crippen LogP contribution in [0.4, 0.5) is 0 Å². The summed E-state index contributed by atoms with van der Waals surface area (Å²) in [6, 6.07) is 0. The lowest BCUT2D eigenvalue weighted by atomic mass is 9.47. The van der Waals surface area contributed by atoms with E-state index in [1.54, 1.807) is 26.0 Å². The number of ether oxygens (including phenoxy) is 3. The Labute approximate surface area is 218 Å². The lowest BCUT2D eigenvalue weighted by Gasteiger charge is -2.60. The number of allylic oxidation sites excluding steroid dienone is 3. The molecule has 0 unspecified atom stereocenters. The van der Waals surface area contributed by atoms with E-state index < -0.39 is 81.1 Å². The molecule has 0 radical (unpaired) electrons. The van der Waals surface area contributed by atoms with Crippen molar-refractivity contribution in [2.45, 2.75) is 81.3 Å². The van der Waals surface area contributed by atoms with E-state index >= 15 is 0 Å². The van der Waals surface area contributed by atoms with Crippen molar-refractivity contribution in [3.63, 3.8) is 0 Å². The summed E-state index contributed by atoms with van der Waals surface area (Å²) in [4.78, 5) is 54.4. The van der Waals surface area contributed by atoms with E-state index in [4.69, 9.17) is 14.2 Å². The summed E-state index contributed by atoms with van der Waals surface area (Å²) in [6.07, 6.45) is 2.35. The van der Waals surface area contributed by atoms with Crippen LogP contribution in [0.15, 0.2) is 36.0 Å². The number of Topliss-reactive ketones (excluding diaryl/α,β-unsaturated/α-hetero) is 2. The fourth-order valence-corrected chi connectivity index (χ4v) is 9.23. The minimum Gasteiger partial charge on any atom is -0.455 e. The normalized spacial score (nSPS) is 56.2. The second-order valence-corrected chi connectivity index (χ2v) is 12.7. The molecular weight excluding hydrogens is 496 g/mol. The molecule has 3 N–H and O–H groups in total. The van der Waals surface area contributed by atoms with E-state index in [1.807, 2.05) is 0 Å². The molecule has 202 valence electrons. The number of hydrogen-bond acceptors (Lipinski definition) is 10. The van der Waals surface area contributed by atoms with Crippen molar-refractivity contribution in [2.24, 2.45) is 28.6 Å². The van der Waals surface area contributed by atoms with Crippen LogP contribution in [0.1, 0.15) is 46.5 Å². The van der Waals surface area contributed by atoms with E-state index in [2.05, 4.69) is 6.58 Å². The number of hydrogen-bond donors (Lipinski definition) is 3. The van der Waals surface area contributed by atoms with E-state index in [9.17, 15) is 34.5 Å². The van der Waals surface area contributed by atoms with Gasteiger partial charge in [0.25, 0.3) is 0 Å². The maximum Gasteiger partial charge on any atom is 0.342 e. The van der Waals surface area contributed by atoms with Crippen LogP contribution in [0, 0.1) is 28.6 Å². The Morgan fingerprint density at radius 1 is 1.11 bits per heavy atom. The van der Waals surface area contributed by atoms with Crippen molar-refractivity contribution in [3.05, 3.63) is 36.0 Å². The molecule has 4 saturated heterocycles. The Hall–Kier alpha value is -2.66. The molecule has 4 aliphatic heterocycles. The van der Waals surface area contributed by atoms with Crippen molar-refractivity contribution in [1.29, 1.82) is 0 Å². The van der Waals surface area contributed by atoms with E-state index in [-0.39, 0.29) is 37.0 Å². The first kappa shape index (κ1) is 24.4. The number of aliphatic hydroxyl groups excluding tert-OH is 1. The summed E-state index contributed by atoms with van der Waals surface area (Å²) in [6.45, 7) is 8.65. The van der Waals surface area contributed by atoms with Crippen LogP contribution in [0.2, 0.25) is 0 Å². The van der Waals surface area contributed by atoms with Gasteiger partial charge in [0.2, 0.25) is 5.79 Å². The molecule has 0 aromatic rings. The van der Waals surface area contributed by atoms with Crippen molar-refractivity contribution < 1.29 is 48.7 Å². The maximum absolute atomic E-state index is 14.6. The Morgan fingerprint density at radius 3 is 2.53 bits per heavy atom. The van der Waals surface area contributed by atoms with Crippen LogP contribution in [-0.4, -0.2) is 73.6 Å². The highest BCUT2D eigenvalue weighted by Crippen LogP contribution is 2.73. The van der Waals surface area contributed by atoms with Gasteiger partial charge in [-0.05, 0) is 44.6 Å². The van der Waals surface area contributed by atoms with E-state index in [0.717, 1.165) is 0 Å². The Bertz CT molecular complexity index is 1350. The second-order valence-electron chi connectivity index (χ2n) is 12.7. The highest BCUT2D eigenvalue weighted by atomic mass is 16.7. The molecule has 0 amide bonds. The summed E-state index contributed by atoms with van der Waals surface area (Å²) in [5.41, 5.74) is -8.43.